The molecule has 3 nitrogen and oxygen atoms in total. The van der Waals surface area contributed by atoms with Gasteiger partial charge in [0.1, 0.15) is 0 Å². The number of halogens is 1. The Balaban J connectivity index is 2.57. The third-order valence-electron chi connectivity index (χ3n) is 1.97. The molecule has 0 saturated heterocycles. The fourth-order valence-corrected chi connectivity index (χ4v) is 3.28. The lowest BCUT2D eigenvalue weighted by atomic mass is 10.2. The first-order valence-corrected chi connectivity index (χ1v) is 7.09. The molecular formula is C9H8ClNO2S2. The second-order valence-corrected chi connectivity index (χ2v) is 6.17. The van der Waals surface area contributed by atoms with Gasteiger partial charge in [-0.15, -0.1) is 11.3 Å². The summed E-state index contributed by atoms with van der Waals surface area (Å²) >= 11 is 7.33. The van der Waals surface area contributed by atoms with Gasteiger partial charge in [-0.3, -0.25) is 0 Å². The van der Waals surface area contributed by atoms with Gasteiger partial charge in [-0.1, -0.05) is 11.6 Å². The van der Waals surface area contributed by atoms with Gasteiger partial charge in [-0.2, -0.15) is 0 Å². The van der Waals surface area contributed by atoms with Crippen molar-refractivity contribution in [1.29, 1.82) is 0 Å². The summed E-state index contributed by atoms with van der Waals surface area (Å²) in [6.07, 6.45) is 0. The Hall–Kier alpha value is -0.620. The zero-order chi connectivity index (χ0) is 11.1. The van der Waals surface area contributed by atoms with Crippen LogP contribution in [0.3, 0.4) is 0 Å². The average Bonchev–Trinajstić information content (AvgIpc) is 2.46. The Morgan fingerprint density at radius 1 is 1.40 bits per heavy atom. The molecule has 0 unspecified atom stereocenters. The minimum atomic E-state index is -3.49. The van der Waals surface area contributed by atoms with Crippen molar-refractivity contribution in [3.63, 3.8) is 0 Å². The van der Waals surface area contributed by atoms with E-state index < -0.39 is 10.0 Å². The van der Waals surface area contributed by atoms with Gasteiger partial charge in [-0.05, 0) is 34.5 Å². The maximum absolute atomic E-state index is 11.0. The summed E-state index contributed by atoms with van der Waals surface area (Å²) in [6, 6.07) is 5.41. The zero-order valence-corrected chi connectivity index (χ0v) is 9.99. The van der Waals surface area contributed by atoms with E-state index in [2.05, 4.69) is 0 Å². The molecular weight excluding hydrogens is 254 g/mol. The number of fused-ring (bicyclic) bond motifs is 1. The summed E-state index contributed by atoms with van der Waals surface area (Å²) in [6.45, 7) is 0. The molecule has 0 atom stereocenters. The van der Waals surface area contributed by atoms with Crippen LogP contribution in [0.4, 0.5) is 0 Å². The van der Waals surface area contributed by atoms with Crippen LogP contribution in [0.25, 0.3) is 10.1 Å². The predicted octanol–water partition coefficient (Wildman–Crippen LogP) is 2.34. The molecule has 2 aromatic rings. The first kappa shape index (κ1) is 10.9. The second kappa shape index (κ2) is 3.75. The molecule has 0 aliphatic heterocycles. The molecule has 0 spiro atoms. The number of rotatable bonds is 2. The smallest absolute Gasteiger partial charge is 0.213 e. The highest BCUT2D eigenvalue weighted by molar-refractivity contribution is 7.88. The number of benzene rings is 1. The number of nitrogens with two attached hydrogens (primary N) is 1. The van der Waals surface area contributed by atoms with Crippen molar-refractivity contribution in [2.24, 2.45) is 5.14 Å². The van der Waals surface area contributed by atoms with Crippen LogP contribution >= 0.6 is 22.9 Å². The van der Waals surface area contributed by atoms with Crippen molar-refractivity contribution < 1.29 is 8.42 Å². The average molecular weight is 262 g/mol. The van der Waals surface area contributed by atoms with Crippen LogP contribution in [-0.2, 0) is 15.8 Å². The maximum Gasteiger partial charge on any atom is 0.213 e. The molecule has 0 fully saturated rings. The maximum atomic E-state index is 11.0. The van der Waals surface area contributed by atoms with E-state index in [1.807, 2.05) is 6.07 Å². The van der Waals surface area contributed by atoms with Gasteiger partial charge in [0.25, 0.3) is 0 Å². The number of thiophene rings is 1. The van der Waals surface area contributed by atoms with Crippen molar-refractivity contribution >= 4 is 43.0 Å². The van der Waals surface area contributed by atoms with Gasteiger partial charge >= 0.3 is 0 Å². The molecule has 1 aromatic heterocycles. The van der Waals surface area contributed by atoms with Gasteiger partial charge in [0.15, 0.2) is 0 Å². The lowest BCUT2D eigenvalue weighted by Crippen LogP contribution is -2.14. The molecule has 15 heavy (non-hydrogen) atoms. The van der Waals surface area contributed by atoms with Crippen LogP contribution in [0.2, 0.25) is 5.02 Å². The fraction of sp³-hybridized carbons (Fsp3) is 0.111. The van der Waals surface area contributed by atoms with Crippen LogP contribution in [0.1, 0.15) is 5.56 Å². The van der Waals surface area contributed by atoms with E-state index >= 15 is 0 Å². The van der Waals surface area contributed by atoms with Gasteiger partial charge in [0, 0.05) is 9.72 Å². The van der Waals surface area contributed by atoms with E-state index in [1.165, 1.54) is 11.3 Å². The molecule has 1 aromatic carbocycles. The summed E-state index contributed by atoms with van der Waals surface area (Å²) in [7, 11) is -3.49. The standard InChI is InChI=1S/C9H8ClNO2S2/c10-7-1-2-9-8(3-7)6(4-14-9)5-15(11,12)13/h1-4H,5H2,(H2,11,12,13). The summed E-state index contributed by atoms with van der Waals surface area (Å²) < 4.78 is 23.0. The minimum absolute atomic E-state index is 0.145. The van der Waals surface area contributed by atoms with Gasteiger partial charge in [-0.25, -0.2) is 13.6 Å². The van der Waals surface area contributed by atoms with Crippen molar-refractivity contribution in [2.45, 2.75) is 5.75 Å². The molecule has 0 radical (unpaired) electrons. The van der Waals surface area contributed by atoms with Crippen molar-refractivity contribution in [2.75, 3.05) is 0 Å². The number of hydrogen-bond acceptors (Lipinski definition) is 3. The van der Waals surface area contributed by atoms with E-state index in [1.54, 1.807) is 17.5 Å². The molecule has 6 heteroatoms. The number of primary sulfonamides is 1. The molecule has 0 amide bonds. The highest BCUT2D eigenvalue weighted by atomic mass is 35.5. The van der Waals surface area contributed by atoms with Gasteiger partial charge < -0.3 is 0 Å². The summed E-state index contributed by atoms with van der Waals surface area (Å²) in [4.78, 5) is 0. The van der Waals surface area contributed by atoms with E-state index in [9.17, 15) is 8.42 Å². The van der Waals surface area contributed by atoms with E-state index in [4.69, 9.17) is 16.7 Å². The van der Waals surface area contributed by atoms with Crippen LogP contribution in [0, 0.1) is 0 Å². The normalized spacial score (nSPS) is 12.1. The van der Waals surface area contributed by atoms with Crippen molar-refractivity contribution in [3.05, 3.63) is 34.2 Å². The lowest BCUT2D eigenvalue weighted by Gasteiger charge is -1.97. The molecule has 1 heterocycles. The Labute approximate surface area is 96.5 Å². The molecule has 0 aliphatic rings. The molecule has 0 bridgehead atoms. The number of sulfonamides is 1. The van der Waals surface area contributed by atoms with Crippen molar-refractivity contribution in [3.8, 4) is 0 Å². The molecule has 2 rings (SSSR count). The minimum Gasteiger partial charge on any atom is -0.228 e. The van der Waals surface area contributed by atoms with Crippen LogP contribution < -0.4 is 5.14 Å². The van der Waals surface area contributed by atoms with E-state index in [0.29, 0.717) is 10.6 Å². The molecule has 80 valence electrons. The Kier molecular flexibility index (Phi) is 2.72. The third kappa shape index (κ3) is 2.49. The highest BCUT2D eigenvalue weighted by Crippen LogP contribution is 2.29. The number of hydrogen-bond donors (Lipinski definition) is 1. The van der Waals surface area contributed by atoms with Crippen LogP contribution in [0.5, 0.6) is 0 Å². The van der Waals surface area contributed by atoms with E-state index in [0.717, 1.165) is 10.1 Å². The quantitative estimate of drug-likeness (QED) is 0.902. The Morgan fingerprint density at radius 3 is 2.80 bits per heavy atom. The topological polar surface area (TPSA) is 60.2 Å². The molecule has 0 aliphatic carbocycles. The van der Waals surface area contributed by atoms with Crippen molar-refractivity contribution in [1.82, 2.24) is 0 Å². The molecule has 0 saturated carbocycles. The Morgan fingerprint density at radius 2 is 2.13 bits per heavy atom. The Bertz CT molecular complexity index is 604. The van der Waals surface area contributed by atoms with Crippen LogP contribution in [-0.4, -0.2) is 8.42 Å². The van der Waals surface area contributed by atoms with E-state index in [-0.39, 0.29) is 5.75 Å². The zero-order valence-electron chi connectivity index (χ0n) is 7.60. The van der Waals surface area contributed by atoms with Gasteiger partial charge in [0.05, 0.1) is 5.75 Å². The largest absolute Gasteiger partial charge is 0.228 e. The lowest BCUT2D eigenvalue weighted by molar-refractivity contribution is 0.597. The first-order chi connectivity index (χ1) is 6.96. The summed E-state index contributed by atoms with van der Waals surface area (Å²) in [5.41, 5.74) is 0.708. The fourth-order valence-electron chi connectivity index (χ4n) is 1.38. The van der Waals surface area contributed by atoms with Gasteiger partial charge in [0.2, 0.25) is 10.0 Å². The first-order valence-electron chi connectivity index (χ1n) is 4.12. The monoisotopic (exact) mass is 261 g/mol. The third-order valence-corrected chi connectivity index (χ3v) is 3.93. The second-order valence-electron chi connectivity index (χ2n) is 3.21. The molecule has 2 N–H and O–H groups in total. The SMILES string of the molecule is NS(=O)(=O)Cc1csc2ccc(Cl)cc12. The summed E-state index contributed by atoms with van der Waals surface area (Å²) in [5, 5.41) is 8.25. The predicted molar refractivity (Wildman–Crippen MR) is 63.6 cm³/mol. The summed E-state index contributed by atoms with van der Waals surface area (Å²) in [5.74, 6) is -0.145. The highest BCUT2D eigenvalue weighted by Gasteiger charge is 2.10. The van der Waals surface area contributed by atoms with Crippen LogP contribution in [0.15, 0.2) is 23.6 Å².